The van der Waals surface area contributed by atoms with Gasteiger partial charge in [0.2, 0.25) is 0 Å². The molecule has 0 amide bonds. The molecule has 2 rings (SSSR count). The molecular weight excluding hydrogens is 240 g/mol. The molecule has 0 saturated carbocycles. The van der Waals surface area contributed by atoms with Crippen LogP contribution < -0.4 is 10.5 Å². The molecule has 2 unspecified atom stereocenters. The Morgan fingerprint density at radius 1 is 1.42 bits per heavy atom. The zero-order valence-corrected chi connectivity index (χ0v) is 10.9. The molecule has 0 fully saturated rings. The Kier molecular flexibility index (Phi) is 3.83. The maximum Gasteiger partial charge on any atom is 0.142 e. The van der Waals surface area contributed by atoms with Crippen LogP contribution in [0.3, 0.4) is 0 Å². The quantitative estimate of drug-likeness (QED) is 0.904. The second-order valence-electron chi connectivity index (χ2n) is 4.45. The van der Waals surface area contributed by atoms with Gasteiger partial charge in [-0.05, 0) is 19.1 Å². The van der Waals surface area contributed by atoms with Crippen molar-refractivity contribution < 1.29 is 4.74 Å². The smallest absolute Gasteiger partial charge is 0.142 e. The fraction of sp³-hybridized carbons (Fsp3) is 0.286. The average molecular weight is 256 g/mol. The lowest BCUT2D eigenvalue weighted by atomic mass is 10.1. The van der Waals surface area contributed by atoms with Gasteiger partial charge in [-0.25, -0.2) is 0 Å². The highest BCUT2D eigenvalue weighted by atomic mass is 16.5. The number of aryl methyl sites for hydroxylation is 1. The number of nitrogens with zero attached hydrogens (tertiary/aromatic N) is 3. The summed E-state index contributed by atoms with van der Waals surface area (Å²) in [6, 6.07) is 9.02. The van der Waals surface area contributed by atoms with Crippen LogP contribution in [0.4, 0.5) is 0 Å². The van der Waals surface area contributed by atoms with E-state index in [0.29, 0.717) is 11.3 Å². The SMILES string of the molecule is CC(N)C(Oc1ccccc1C#N)c1cnn(C)c1. The van der Waals surface area contributed by atoms with E-state index in [-0.39, 0.29) is 12.1 Å². The lowest BCUT2D eigenvalue weighted by Crippen LogP contribution is -2.29. The number of ether oxygens (including phenoxy) is 1. The maximum atomic E-state index is 9.07. The van der Waals surface area contributed by atoms with Crippen LogP contribution in [0.2, 0.25) is 0 Å². The molecule has 1 aromatic heterocycles. The van der Waals surface area contributed by atoms with Crippen LogP contribution in [-0.4, -0.2) is 15.8 Å². The van der Waals surface area contributed by atoms with Crippen LogP contribution in [0.15, 0.2) is 36.7 Å². The van der Waals surface area contributed by atoms with Gasteiger partial charge in [0, 0.05) is 24.8 Å². The molecule has 19 heavy (non-hydrogen) atoms. The molecule has 98 valence electrons. The van der Waals surface area contributed by atoms with E-state index in [0.717, 1.165) is 5.56 Å². The van der Waals surface area contributed by atoms with Crippen molar-refractivity contribution in [3.63, 3.8) is 0 Å². The summed E-state index contributed by atoms with van der Waals surface area (Å²) in [5, 5.41) is 13.2. The van der Waals surface area contributed by atoms with E-state index >= 15 is 0 Å². The van der Waals surface area contributed by atoms with Gasteiger partial charge in [-0.2, -0.15) is 10.4 Å². The summed E-state index contributed by atoms with van der Waals surface area (Å²) in [6.45, 7) is 1.87. The highest BCUT2D eigenvalue weighted by molar-refractivity contribution is 5.43. The van der Waals surface area contributed by atoms with Gasteiger partial charge in [0.15, 0.2) is 0 Å². The first kappa shape index (κ1) is 13.1. The molecule has 2 atom stereocenters. The van der Waals surface area contributed by atoms with Gasteiger partial charge in [0.1, 0.15) is 17.9 Å². The molecule has 1 aromatic carbocycles. The van der Waals surface area contributed by atoms with E-state index in [9.17, 15) is 0 Å². The van der Waals surface area contributed by atoms with Crippen molar-refractivity contribution in [2.24, 2.45) is 12.8 Å². The molecule has 1 heterocycles. The Hall–Kier alpha value is -2.32. The van der Waals surface area contributed by atoms with Crippen LogP contribution in [0.1, 0.15) is 24.2 Å². The summed E-state index contributed by atoms with van der Waals surface area (Å²) in [6.07, 6.45) is 3.26. The van der Waals surface area contributed by atoms with Crippen LogP contribution in [0.25, 0.3) is 0 Å². The number of rotatable bonds is 4. The Bertz CT molecular complexity index is 597. The van der Waals surface area contributed by atoms with Crippen molar-refractivity contribution in [1.29, 1.82) is 5.26 Å². The van der Waals surface area contributed by atoms with Gasteiger partial charge >= 0.3 is 0 Å². The zero-order chi connectivity index (χ0) is 13.8. The minimum atomic E-state index is -0.330. The Morgan fingerprint density at radius 2 is 2.16 bits per heavy atom. The van der Waals surface area contributed by atoms with Crippen molar-refractivity contribution in [2.75, 3.05) is 0 Å². The van der Waals surface area contributed by atoms with Gasteiger partial charge in [0.25, 0.3) is 0 Å². The molecule has 0 aliphatic heterocycles. The molecule has 5 heteroatoms. The van der Waals surface area contributed by atoms with Gasteiger partial charge in [-0.15, -0.1) is 0 Å². The molecule has 0 aliphatic carbocycles. The minimum absolute atomic E-state index is 0.212. The van der Waals surface area contributed by atoms with Gasteiger partial charge < -0.3 is 10.5 Å². The number of hydrogen-bond acceptors (Lipinski definition) is 4. The standard InChI is InChI=1S/C14H16N4O/c1-10(16)14(12-8-17-18(2)9-12)19-13-6-4-3-5-11(13)7-15/h3-6,8-10,14H,16H2,1-2H3. The van der Waals surface area contributed by atoms with Gasteiger partial charge in [-0.3, -0.25) is 4.68 Å². The summed E-state index contributed by atoms with van der Waals surface area (Å²) in [5.74, 6) is 0.538. The molecule has 0 spiro atoms. The first-order valence-electron chi connectivity index (χ1n) is 6.01. The van der Waals surface area contributed by atoms with Crippen LogP contribution in [-0.2, 0) is 7.05 Å². The van der Waals surface area contributed by atoms with Gasteiger partial charge in [-0.1, -0.05) is 12.1 Å². The second kappa shape index (κ2) is 5.55. The van der Waals surface area contributed by atoms with E-state index in [4.69, 9.17) is 15.7 Å². The van der Waals surface area contributed by atoms with Crippen LogP contribution >= 0.6 is 0 Å². The Balaban J connectivity index is 2.30. The minimum Gasteiger partial charge on any atom is -0.483 e. The number of hydrogen-bond donors (Lipinski definition) is 1. The molecule has 2 aromatic rings. The van der Waals surface area contributed by atoms with Crippen molar-refractivity contribution in [2.45, 2.75) is 19.1 Å². The van der Waals surface area contributed by atoms with E-state index in [2.05, 4.69) is 11.2 Å². The first-order chi connectivity index (χ1) is 9.11. The van der Waals surface area contributed by atoms with E-state index in [1.165, 1.54) is 0 Å². The number of benzene rings is 1. The summed E-state index contributed by atoms with van der Waals surface area (Å²) >= 11 is 0. The summed E-state index contributed by atoms with van der Waals surface area (Å²) in [4.78, 5) is 0. The maximum absolute atomic E-state index is 9.07. The molecular formula is C14H16N4O. The van der Waals surface area contributed by atoms with E-state index < -0.39 is 0 Å². The third-order valence-electron chi connectivity index (χ3n) is 2.79. The van der Waals surface area contributed by atoms with Crippen molar-refractivity contribution in [3.8, 4) is 11.8 Å². The average Bonchev–Trinajstić information content (AvgIpc) is 2.82. The van der Waals surface area contributed by atoms with E-state index in [1.807, 2.05) is 26.2 Å². The monoisotopic (exact) mass is 256 g/mol. The predicted octanol–water partition coefficient (Wildman–Crippen LogP) is 1.76. The van der Waals surface area contributed by atoms with Crippen molar-refractivity contribution in [1.82, 2.24) is 9.78 Å². The third kappa shape index (κ3) is 2.92. The molecule has 0 bridgehead atoms. The summed E-state index contributed by atoms with van der Waals surface area (Å²) in [7, 11) is 1.84. The lowest BCUT2D eigenvalue weighted by molar-refractivity contribution is 0.180. The van der Waals surface area contributed by atoms with E-state index in [1.54, 1.807) is 29.1 Å². The Morgan fingerprint density at radius 3 is 2.74 bits per heavy atom. The fourth-order valence-electron chi connectivity index (χ4n) is 1.86. The second-order valence-corrected chi connectivity index (χ2v) is 4.45. The first-order valence-corrected chi connectivity index (χ1v) is 6.01. The molecule has 2 N–H and O–H groups in total. The normalized spacial score (nSPS) is 13.6. The van der Waals surface area contributed by atoms with Crippen molar-refractivity contribution >= 4 is 0 Å². The van der Waals surface area contributed by atoms with Crippen LogP contribution in [0.5, 0.6) is 5.75 Å². The third-order valence-corrected chi connectivity index (χ3v) is 2.79. The number of aromatic nitrogens is 2. The summed E-state index contributed by atoms with van der Waals surface area (Å²) in [5.41, 5.74) is 7.36. The van der Waals surface area contributed by atoms with Crippen LogP contribution in [0, 0.1) is 11.3 Å². The molecule has 0 saturated heterocycles. The predicted molar refractivity (Wildman–Crippen MR) is 71.4 cm³/mol. The number of nitrogens with two attached hydrogens (primary N) is 1. The number of nitriles is 1. The van der Waals surface area contributed by atoms with Gasteiger partial charge in [0.05, 0.1) is 11.8 Å². The number of para-hydroxylation sites is 1. The van der Waals surface area contributed by atoms with Crippen molar-refractivity contribution in [3.05, 3.63) is 47.8 Å². The topological polar surface area (TPSA) is 76.9 Å². The summed E-state index contributed by atoms with van der Waals surface area (Å²) < 4.78 is 7.60. The largest absolute Gasteiger partial charge is 0.483 e. The molecule has 0 radical (unpaired) electrons. The Labute approximate surface area is 112 Å². The lowest BCUT2D eigenvalue weighted by Gasteiger charge is -2.21. The molecule has 0 aliphatic rings. The molecule has 5 nitrogen and oxygen atoms in total. The fourth-order valence-corrected chi connectivity index (χ4v) is 1.86. The highest BCUT2D eigenvalue weighted by Crippen LogP contribution is 2.26. The zero-order valence-electron chi connectivity index (χ0n) is 10.9. The highest BCUT2D eigenvalue weighted by Gasteiger charge is 2.21.